The third kappa shape index (κ3) is 11.7. The lowest BCUT2D eigenvalue weighted by atomic mass is 9.97. The van der Waals surface area contributed by atoms with E-state index in [1.807, 2.05) is 127 Å². The molecule has 61 heavy (non-hydrogen) atoms. The van der Waals surface area contributed by atoms with Gasteiger partial charge in [0.15, 0.2) is 11.5 Å². The zero-order chi connectivity index (χ0) is 42.2. The molecule has 0 radical (unpaired) electrons. The van der Waals surface area contributed by atoms with Crippen molar-refractivity contribution in [2.24, 2.45) is 0 Å². The van der Waals surface area contributed by atoms with Gasteiger partial charge in [0.2, 0.25) is 12.0 Å². The van der Waals surface area contributed by atoms with Gasteiger partial charge in [0, 0.05) is 0 Å². The van der Waals surface area contributed by atoms with Crippen LogP contribution in [0, 0.1) is 0 Å². The Labute approximate surface area is 356 Å². The number of aliphatic carboxylic acids is 1. The lowest BCUT2D eigenvalue weighted by Gasteiger charge is -2.45. The third-order valence-corrected chi connectivity index (χ3v) is 10.2. The average molecular weight is 823 g/mol. The number of ether oxygens (including phenoxy) is 8. The average Bonchev–Trinajstić information content (AvgIpc) is 3.31. The van der Waals surface area contributed by atoms with Gasteiger partial charge < -0.3 is 43.0 Å². The molecule has 0 amide bonds. The lowest BCUT2D eigenvalue weighted by molar-refractivity contribution is -0.310. The van der Waals surface area contributed by atoms with Crippen LogP contribution < -0.4 is 14.2 Å². The molecule has 1 aliphatic rings. The van der Waals surface area contributed by atoms with Crippen molar-refractivity contribution in [3.63, 3.8) is 0 Å². The highest BCUT2D eigenvalue weighted by atomic mass is 16.7. The normalized spacial score (nSPS) is 18.9. The Kier molecular flexibility index (Phi) is 15.3. The number of carboxylic acids is 1. The second-order valence-electron chi connectivity index (χ2n) is 14.4. The molecule has 10 heteroatoms. The highest BCUT2D eigenvalue weighted by molar-refractivity contribution is 6.20. The highest BCUT2D eigenvalue weighted by Crippen LogP contribution is 2.42. The fourth-order valence-electron chi connectivity index (χ4n) is 7.11. The molecule has 0 aromatic heterocycles. The largest absolute Gasteiger partial charge is 0.493 e. The fourth-order valence-corrected chi connectivity index (χ4v) is 7.11. The summed E-state index contributed by atoms with van der Waals surface area (Å²) in [6, 6.07) is 51.9. The van der Waals surface area contributed by atoms with E-state index >= 15 is 0 Å². The molecule has 1 saturated heterocycles. The van der Waals surface area contributed by atoms with E-state index in [4.69, 9.17) is 37.9 Å². The molecule has 10 nitrogen and oxygen atoms in total. The molecule has 0 aliphatic carbocycles. The number of carboxylic acid groups (broad SMARTS) is 1. The molecule has 0 saturated carbocycles. The number of carbonyl (C=O) groups is 1. The Balaban J connectivity index is 1.28. The SMILES string of the molecule is COc1cc(C=C(C(=O)O)c2ccccc2)cc(OC)c1O[C@@H]1O[C@H](COCc2ccccc2)[C@@H](OCc2ccccc2)[C@H](OCc2ccccc2)[C@H]1OCc1ccccc1. The van der Waals surface area contributed by atoms with Crippen LogP contribution in [0.3, 0.4) is 0 Å². The van der Waals surface area contributed by atoms with E-state index in [1.165, 1.54) is 14.2 Å². The second kappa shape index (κ2) is 21.8. The molecule has 314 valence electrons. The maximum absolute atomic E-state index is 12.4. The molecule has 1 heterocycles. The van der Waals surface area contributed by atoms with Gasteiger partial charge in [-0.2, -0.15) is 0 Å². The van der Waals surface area contributed by atoms with Crippen LogP contribution >= 0.6 is 0 Å². The first-order valence-corrected chi connectivity index (χ1v) is 20.2. The van der Waals surface area contributed by atoms with E-state index < -0.39 is 36.7 Å². The van der Waals surface area contributed by atoms with E-state index in [0.29, 0.717) is 17.7 Å². The van der Waals surface area contributed by atoms with Gasteiger partial charge in [-0.15, -0.1) is 0 Å². The molecular weight excluding hydrogens is 773 g/mol. The Bertz CT molecular complexity index is 2250. The maximum atomic E-state index is 12.4. The Morgan fingerprint density at radius 2 is 1.00 bits per heavy atom. The summed E-state index contributed by atoms with van der Waals surface area (Å²) >= 11 is 0. The fraction of sp³-hybridized carbons (Fsp3) is 0.235. The first-order chi connectivity index (χ1) is 30.0. The summed E-state index contributed by atoms with van der Waals surface area (Å²) in [4.78, 5) is 12.4. The van der Waals surface area contributed by atoms with Crippen molar-refractivity contribution in [3.8, 4) is 17.2 Å². The molecule has 1 fully saturated rings. The van der Waals surface area contributed by atoms with Crippen molar-refractivity contribution in [3.05, 3.63) is 197 Å². The Hall–Kier alpha value is -6.27. The van der Waals surface area contributed by atoms with Gasteiger partial charge in [-0.1, -0.05) is 152 Å². The standard InChI is InChI=1S/C51H50O10/c1-54-43-29-40(28-42(50(52)53)41-26-16-7-17-27-41)30-44(55-2)46(43)61-51-49(59-34-39-24-14-6-15-25-39)48(58-33-38-22-12-5-13-23-38)47(57-32-37-20-10-4-11-21-37)45(60-51)35-56-31-36-18-8-3-9-19-36/h3-30,45,47-49,51H,31-35H2,1-2H3,(H,52,53)/t45-,47-,48+,49-,51+/m1/s1. The molecule has 6 aromatic rings. The second-order valence-corrected chi connectivity index (χ2v) is 14.4. The van der Waals surface area contributed by atoms with Gasteiger partial charge in [-0.05, 0) is 51.6 Å². The molecule has 1 aliphatic heterocycles. The molecular formula is C51H50O10. The number of hydrogen-bond donors (Lipinski definition) is 1. The van der Waals surface area contributed by atoms with Crippen molar-refractivity contribution in [2.45, 2.75) is 57.1 Å². The molecule has 6 aromatic carbocycles. The van der Waals surface area contributed by atoms with Gasteiger partial charge in [0.1, 0.15) is 24.4 Å². The third-order valence-electron chi connectivity index (χ3n) is 10.2. The van der Waals surface area contributed by atoms with Crippen molar-refractivity contribution in [2.75, 3.05) is 20.8 Å². The summed E-state index contributed by atoms with van der Waals surface area (Å²) in [6.45, 7) is 1.24. The quantitative estimate of drug-likeness (QED) is 0.0591. The predicted octanol–water partition coefficient (Wildman–Crippen LogP) is 9.41. The maximum Gasteiger partial charge on any atom is 0.336 e. The zero-order valence-electron chi connectivity index (χ0n) is 34.2. The van der Waals surface area contributed by atoms with Gasteiger partial charge in [-0.25, -0.2) is 4.79 Å². The smallest absolute Gasteiger partial charge is 0.336 e. The summed E-state index contributed by atoms with van der Waals surface area (Å²) in [6.07, 6.45) is -2.51. The molecule has 0 unspecified atom stereocenters. The summed E-state index contributed by atoms with van der Waals surface area (Å²) in [5, 5.41) is 10.2. The molecule has 7 rings (SSSR count). The van der Waals surface area contributed by atoms with Crippen molar-refractivity contribution < 1.29 is 47.8 Å². The van der Waals surface area contributed by atoms with Crippen LogP contribution in [0.15, 0.2) is 164 Å². The van der Waals surface area contributed by atoms with Crippen LogP contribution in [0.25, 0.3) is 11.6 Å². The van der Waals surface area contributed by atoms with Gasteiger partial charge in [-0.3, -0.25) is 0 Å². The van der Waals surface area contributed by atoms with Gasteiger partial charge >= 0.3 is 5.97 Å². The van der Waals surface area contributed by atoms with E-state index in [-0.39, 0.29) is 49.2 Å². The van der Waals surface area contributed by atoms with Crippen LogP contribution in [-0.4, -0.2) is 62.6 Å². The first kappa shape index (κ1) is 42.8. The monoisotopic (exact) mass is 822 g/mol. The van der Waals surface area contributed by atoms with Crippen molar-refractivity contribution in [1.29, 1.82) is 0 Å². The van der Waals surface area contributed by atoms with Gasteiger partial charge in [0.05, 0.1) is 52.8 Å². The number of rotatable bonds is 20. The Morgan fingerprint density at radius 3 is 1.46 bits per heavy atom. The Morgan fingerprint density at radius 1 is 0.574 bits per heavy atom. The summed E-state index contributed by atoms with van der Waals surface area (Å²) in [7, 11) is 3.02. The summed E-state index contributed by atoms with van der Waals surface area (Å²) in [5.74, 6) is -0.277. The zero-order valence-corrected chi connectivity index (χ0v) is 34.2. The number of benzene rings is 6. The topological polar surface area (TPSA) is 111 Å². The molecule has 0 bridgehead atoms. The van der Waals surface area contributed by atoms with Crippen LogP contribution in [0.2, 0.25) is 0 Å². The number of methoxy groups -OCH3 is 2. The first-order valence-electron chi connectivity index (χ1n) is 20.2. The van der Waals surface area contributed by atoms with Crippen molar-refractivity contribution >= 4 is 17.6 Å². The summed E-state index contributed by atoms with van der Waals surface area (Å²) < 4.78 is 52.4. The van der Waals surface area contributed by atoms with Crippen molar-refractivity contribution in [1.82, 2.24) is 0 Å². The minimum Gasteiger partial charge on any atom is -0.493 e. The van der Waals surface area contributed by atoms with Crippen LogP contribution in [0.5, 0.6) is 17.2 Å². The van der Waals surface area contributed by atoms with Crippen LogP contribution in [-0.2, 0) is 54.9 Å². The minimum atomic E-state index is -1.10. The highest BCUT2D eigenvalue weighted by Gasteiger charge is 2.50. The van der Waals surface area contributed by atoms with Crippen LogP contribution in [0.4, 0.5) is 0 Å². The van der Waals surface area contributed by atoms with E-state index in [9.17, 15) is 9.90 Å². The van der Waals surface area contributed by atoms with Crippen LogP contribution in [0.1, 0.15) is 33.4 Å². The minimum absolute atomic E-state index is 0.0988. The summed E-state index contributed by atoms with van der Waals surface area (Å²) in [5.41, 5.74) is 5.07. The predicted molar refractivity (Wildman–Crippen MR) is 232 cm³/mol. The van der Waals surface area contributed by atoms with E-state index in [0.717, 1.165) is 22.3 Å². The van der Waals surface area contributed by atoms with E-state index in [2.05, 4.69) is 0 Å². The molecule has 1 N–H and O–H groups in total. The van der Waals surface area contributed by atoms with Gasteiger partial charge in [0.25, 0.3) is 0 Å². The number of hydrogen-bond acceptors (Lipinski definition) is 9. The lowest BCUT2D eigenvalue weighted by Crippen LogP contribution is -2.62. The molecule has 0 spiro atoms. The molecule has 5 atom stereocenters. The van der Waals surface area contributed by atoms with E-state index in [1.54, 1.807) is 42.5 Å².